The van der Waals surface area contributed by atoms with Crippen LogP contribution >= 0.6 is 11.6 Å². The molecule has 1 rings (SSSR count). The molecule has 0 radical (unpaired) electrons. The maximum atomic E-state index is 5.54. The Labute approximate surface area is 50.8 Å². The van der Waals surface area contributed by atoms with Gasteiger partial charge in [-0.1, -0.05) is 29.8 Å². The lowest BCUT2D eigenvalue weighted by atomic mass is 10.4. The molecule has 7 heavy (non-hydrogen) atoms. The van der Waals surface area contributed by atoms with Crippen molar-refractivity contribution in [3.8, 4) is 0 Å². The maximum Gasteiger partial charge on any atom is 0.0405 e. The minimum absolute atomic E-state index is 0.794. The van der Waals surface area contributed by atoms with E-state index in [4.69, 9.17) is 14.6 Å². The van der Waals surface area contributed by atoms with E-state index >= 15 is 0 Å². The fraction of sp³-hybridized carbons (Fsp3) is 0. The zero-order valence-corrected chi connectivity index (χ0v) is 4.52. The Morgan fingerprint density at radius 2 is 1.86 bits per heavy atom. The Bertz CT molecular complexity index is 141. The number of rotatable bonds is 0. The monoisotopic (exact) mass is 116 g/mol. The normalized spacial score (nSPS) is 9.86. The molecule has 0 atom stereocenters. The molecule has 0 saturated heterocycles. The molecule has 0 unspecified atom stereocenters. The van der Waals surface area contributed by atoms with Crippen molar-refractivity contribution in [1.29, 1.82) is 0 Å². The van der Waals surface area contributed by atoms with Gasteiger partial charge in [-0.3, -0.25) is 0 Å². The molecule has 0 fully saturated rings. The van der Waals surface area contributed by atoms with Crippen LogP contribution in [0.25, 0.3) is 0 Å². The van der Waals surface area contributed by atoms with Gasteiger partial charge in [0.2, 0.25) is 0 Å². The van der Waals surface area contributed by atoms with Crippen LogP contribution in [0.15, 0.2) is 30.3 Å². The highest BCUT2D eigenvalue weighted by Gasteiger charge is 1.74. The van der Waals surface area contributed by atoms with E-state index in [1.54, 1.807) is 0 Å². The van der Waals surface area contributed by atoms with Gasteiger partial charge in [0.15, 0.2) is 0 Å². The molecule has 0 aliphatic heterocycles. The molecule has 38 valence electrons. The van der Waals surface area contributed by atoms with Crippen LogP contribution in [0.3, 0.4) is 0 Å². The lowest BCUT2D eigenvalue weighted by Gasteiger charge is -1.80. The summed E-state index contributed by atoms with van der Waals surface area (Å²) >= 11 is 5.54. The summed E-state index contributed by atoms with van der Waals surface area (Å²) < 4.78 is 10.0. The molecule has 0 N–H and O–H groups in total. The van der Waals surface area contributed by atoms with Crippen LogP contribution in [0.1, 0.15) is 2.97 Å². The SMILES string of the molecule is Clc1ccccc1.[2H][2H]. The van der Waals surface area contributed by atoms with E-state index in [1.807, 2.05) is 30.3 Å². The van der Waals surface area contributed by atoms with E-state index in [9.17, 15) is 0 Å². The van der Waals surface area contributed by atoms with Gasteiger partial charge in [-0.25, -0.2) is 0 Å². The summed E-state index contributed by atoms with van der Waals surface area (Å²) in [7, 11) is 0. The quantitative estimate of drug-likeness (QED) is 0.489. The largest absolute Gasteiger partial charge is 0.0843 e. The first-order valence-electron chi connectivity index (χ1n) is 3.10. The minimum Gasteiger partial charge on any atom is -0.0843 e. The van der Waals surface area contributed by atoms with Gasteiger partial charge in [0, 0.05) is 7.99 Å². The van der Waals surface area contributed by atoms with E-state index in [-0.39, 0.29) is 0 Å². The minimum atomic E-state index is 0.794. The number of benzene rings is 1. The molecule has 0 aromatic heterocycles. The first-order valence-corrected chi connectivity index (χ1v) is 2.48. The van der Waals surface area contributed by atoms with E-state index in [0.29, 0.717) is 0 Å². The molecule has 0 spiro atoms. The van der Waals surface area contributed by atoms with Gasteiger partial charge >= 0.3 is 0 Å². The summed E-state index contributed by atoms with van der Waals surface area (Å²) in [5.74, 6) is 0. The summed E-state index contributed by atoms with van der Waals surface area (Å²) in [5, 5.41) is 0.794. The van der Waals surface area contributed by atoms with Gasteiger partial charge in [0.05, 0.1) is 0 Å². The fourth-order valence-electron chi connectivity index (χ4n) is 0.415. The third kappa shape index (κ3) is 1.20. The van der Waals surface area contributed by atoms with Crippen LogP contribution in [0.5, 0.6) is 0 Å². The van der Waals surface area contributed by atoms with Gasteiger partial charge in [0.25, 0.3) is 0 Å². The van der Waals surface area contributed by atoms with Gasteiger partial charge in [0.1, 0.15) is 0 Å². The van der Waals surface area contributed by atoms with Crippen molar-refractivity contribution in [2.24, 2.45) is 0 Å². The molecule has 0 bridgehead atoms. The van der Waals surface area contributed by atoms with E-state index < -0.39 is 0 Å². The van der Waals surface area contributed by atoms with Crippen LogP contribution in [0.2, 0.25) is 5.02 Å². The third-order valence-electron chi connectivity index (χ3n) is 0.733. The Kier molecular flexibility index (Phi) is 0.995. The van der Waals surface area contributed by atoms with E-state index in [2.05, 4.69) is 0 Å². The Balaban J connectivity index is 0.000000291. The fourth-order valence-corrected chi connectivity index (χ4v) is 0.560. The number of halogens is 1. The number of hydrogen-bond acceptors (Lipinski definition) is 0. The Morgan fingerprint density at radius 3 is 2.14 bits per heavy atom. The van der Waals surface area contributed by atoms with Gasteiger partial charge in [-0.2, -0.15) is 0 Å². The molecule has 1 aromatic carbocycles. The summed E-state index contributed by atoms with van der Waals surface area (Å²) in [5.41, 5.74) is 0. The second kappa shape index (κ2) is 1.99. The van der Waals surface area contributed by atoms with E-state index in [0.717, 1.165) is 5.02 Å². The van der Waals surface area contributed by atoms with Crippen LogP contribution in [-0.4, -0.2) is 0 Å². The van der Waals surface area contributed by atoms with Gasteiger partial charge in [-0.05, 0) is 12.1 Å². The summed E-state index contributed by atoms with van der Waals surface area (Å²) in [6.45, 7) is 0. The highest BCUT2D eigenvalue weighted by molar-refractivity contribution is 6.30. The zero-order chi connectivity index (χ0) is 7.11. The standard InChI is InChI=1S/C6H5Cl.H2/c7-6-4-2-1-3-5-6;/h1-5H;1H/i;1+1D. The van der Waals surface area contributed by atoms with Gasteiger partial charge in [-0.15, -0.1) is 0 Å². The van der Waals surface area contributed by atoms with Crippen LogP contribution in [0, 0.1) is 0 Å². The summed E-state index contributed by atoms with van der Waals surface area (Å²) in [4.78, 5) is 0. The molecular formula is C6H7Cl. The van der Waals surface area contributed by atoms with Crippen LogP contribution in [0.4, 0.5) is 0 Å². The predicted molar refractivity (Wildman–Crippen MR) is 33.6 cm³/mol. The average molecular weight is 117 g/mol. The van der Waals surface area contributed by atoms with E-state index in [1.165, 1.54) is 0 Å². The van der Waals surface area contributed by atoms with Crippen molar-refractivity contribution < 1.29 is 2.97 Å². The molecule has 0 heterocycles. The molecule has 0 aliphatic rings. The number of hydrogen-bond donors (Lipinski definition) is 0. The van der Waals surface area contributed by atoms with Crippen LogP contribution < -0.4 is 0 Å². The highest BCUT2D eigenvalue weighted by atomic mass is 35.5. The molecule has 1 aromatic rings. The molecule has 0 nitrogen and oxygen atoms in total. The molecule has 1 heteroatoms. The van der Waals surface area contributed by atoms with Crippen molar-refractivity contribution in [3.63, 3.8) is 0 Å². The second-order valence-electron chi connectivity index (χ2n) is 1.30. The highest BCUT2D eigenvalue weighted by Crippen LogP contribution is 2.03. The topological polar surface area (TPSA) is 0 Å². The molecule has 0 aliphatic carbocycles. The van der Waals surface area contributed by atoms with Crippen molar-refractivity contribution >= 4 is 11.6 Å². The van der Waals surface area contributed by atoms with Crippen molar-refractivity contribution in [2.75, 3.05) is 0 Å². The lowest BCUT2D eigenvalue weighted by molar-refractivity contribution is 1.71. The third-order valence-corrected chi connectivity index (χ3v) is 0.985. The molecule has 0 saturated carbocycles. The lowest BCUT2D eigenvalue weighted by Crippen LogP contribution is -1.55. The van der Waals surface area contributed by atoms with Crippen molar-refractivity contribution in [1.82, 2.24) is 0 Å². The smallest absolute Gasteiger partial charge is 0.0405 e. The average Bonchev–Trinajstić information content (AvgIpc) is 1.94. The Morgan fingerprint density at radius 1 is 1.29 bits per heavy atom. The maximum absolute atomic E-state index is 5.54. The zero-order valence-electron chi connectivity index (χ0n) is 5.76. The Hall–Kier alpha value is -0.490. The van der Waals surface area contributed by atoms with Crippen LogP contribution in [-0.2, 0) is 0 Å². The molecule has 0 amide bonds. The summed E-state index contributed by atoms with van der Waals surface area (Å²) in [6.07, 6.45) is 0. The first kappa shape index (κ1) is 3.50. The molecular weight excluding hydrogens is 108 g/mol. The summed E-state index contributed by atoms with van der Waals surface area (Å²) in [6, 6.07) is 9.44. The predicted octanol–water partition coefficient (Wildman–Crippen LogP) is 2.59. The van der Waals surface area contributed by atoms with Crippen molar-refractivity contribution in [3.05, 3.63) is 35.4 Å². The first-order chi connectivity index (χ1) is 4.39. The van der Waals surface area contributed by atoms with Gasteiger partial charge < -0.3 is 0 Å². The van der Waals surface area contributed by atoms with Crippen molar-refractivity contribution in [2.45, 2.75) is 0 Å². The second-order valence-corrected chi connectivity index (χ2v) is 1.73.